The van der Waals surface area contributed by atoms with Crippen molar-refractivity contribution >= 4 is 16.6 Å². The third-order valence-electron chi connectivity index (χ3n) is 9.80. The van der Waals surface area contributed by atoms with Crippen LogP contribution in [0.1, 0.15) is 46.6 Å². The Kier molecular flexibility index (Phi) is 15.6. The van der Waals surface area contributed by atoms with E-state index in [4.69, 9.17) is 22.0 Å². The SMILES string of the molecule is C.[C-]#[N+][C@@](O[Si](C)(C)C)(c1ccc(C)cc1F)C(F)(F)c1ccc(-c2ccc(C)cc2)cn1.[C-]#[N+][C@](O[Si](C)(C)C)(c1ccc(F)cc1F)C(F)(F)c1ccc(-c2ccc(C)cc2)cn1. The lowest BCUT2D eigenvalue weighted by atomic mass is 9.92. The third kappa shape index (κ3) is 11.1. The molecule has 6 nitrogen and oxygen atoms in total. The molecule has 340 valence electrons. The van der Waals surface area contributed by atoms with E-state index in [2.05, 4.69) is 19.7 Å². The fraction of sp³-hybridized carbons (Fsp3) is 0.280. The van der Waals surface area contributed by atoms with Gasteiger partial charge in [-0.2, -0.15) is 17.6 Å². The van der Waals surface area contributed by atoms with E-state index >= 15 is 17.6 Å². The highest BCUT2D eigenvalue weighted by Crippen LogP contribution is 2.52. The number of aryl methyl sites for hydroxylation is 3. The molecule has 0 unspecified atom stereocenters. The number of pyridine rings is 2. The number of hydrogen-bond acceptors (Lipinski definition) is 4. The Morgan fingerprint density at radius 3 is 1.12 bits per heavy atom. The van der Waals surface area contributed by atoms with Gasteiger partial charge in [-0.1, -0.05) is 85.3 Å². The quantitative estimate of drug-likeness (QED) is 0.0697. The first kappa shape index (κ1) is 51.7. The van der Waals surface area contributed by atoms with Crippen LogP contribution in [0.3, 0.4) is 0 Å². The normalized spacial score (nSPS) is 13.8. The second-order valence-electron chi connectivity index (χ2n) is 17.3. The van der Waals surface area contributed by atoms with E-state index in [0.29, 0.717) is 22.8 Å². The van der Waals surface area contributed by atoms with E-state index in [1.54, 1.807) is 46.2 Å². The molecule has 0 radical (unpaired) electrons. The average molecular weight is 929 g/mol. The van der Waals surface area contributed by atoms with Crippen LogP contribution in [0.15, 0.2) is 122 Å². The van der Waals surface area contributed by atoms with Gasteiger partial charge in [0, 0.05) is 29.6 Å². The lowest BCUT2D eigenvalue weighted by molar-refractivity contribution is -0.162. The summed E-state index contributed by atoms with van der Waals surface area (Å²) in [6.45, 7) is 30.8. The van der Waals surface area contributed by atoms with Crippen molar-refractivity contribution in [1.82, 2.24) is 9.97 Å². The molecule has 6 aromatic rings. The molecule has 0 fully saturated rings. The predicted molar refractivity (Wildman–Crippen MR) is 246 cm³/mol. The monoisotopic (exact) mass is 928 g/mol. The molecular weight excluding hydrogens is 878 g/mol. The molecule has 2 aromatic heterocycles. The zero-order valence-corrected chi connectivity index (χ0v) is 38.8. The van der Waals surface area contributed by atoms with Gasteiger partial charge in [-0.25, -0.2) is 26.3 Å². The van der Waals surface area contributed by atoms with Crippen molar-refractivity contribution in [3.63, 3.8) is 0 Å². The molecule has 4 aromatic carbocycles. The largest absolute Gasteiger partial charge is 0.427 e. The molecule has 0 saturated carbocycles. The summed E-state index contributed by atoms with van der Waals surface area (Å²) in [5.41, 5.74) is -2.94. The van der Waals surface area contributed by atoms with Gasteiger partial charge in [-0.15, -0.1) is 0 Å². The summed E-state index contributed by atoms with van der Waals surface area (Å²) in [5, 5.41) is 0. The van der Waals surface area contributed by atoms with Gasteiger partial charge in [-0.05, 0) is 113 Å². The van der Waals surface area contributed by atoms with Crippen molar-refractivity contribution in [2.75, 3.05) is 0 Å². The van der Waals surface area contributed by atoms with Crippen molar-refractivity contribution in [2.45, 2.75) is 90.8 Å². The van der Waals surface area contributed by atoms with Gasteiger partial charge in [0.2, 0.25) is 0 Å². The van der Waals surface area contributed by atoms with Gasteiger partial charge >= 0.3 is 23.3 Å². The van der Waals surface area contributed by atoms with Crippen LogP contribution in [-0.4, -0.2) is 26.6 Å². The van der Waals surface area contributed by atoms with Crippen LogP contribution in [0.4, 0.5) is 30.7 Å². The van der Waals surface area contributed by atoms with Crippen LogP contribution in [-0.2, 0) is 32.1 Å². The minimum Gasteiger partial charge on any atom is -0.342 e. The molecule has 0 amide bonds. The van der Waals surface area contributed by atoms with E-state index in [-0.39, 0.29) is 7.43 Å². The van der Waals surface area contributed by atoms with Crippen molar-refractivity contribution < 1.29 is 39.6 Å². The van der Waals surface area contributed by atoms with Gasteiger partial charge < -0.3 is 8.85 Å². The smallest absolute Gasteiger partial charge is 0.342 e. The van der Waals surface area contributed by atoms with Crippen LogP contribution in [0.25, 0.3) is 31.9 Å². The van der Waals surface area contributed by atoms with E-state index in [0.717, 1.165) is 46.5 Å². The summed E-state index contributed by atoms with van der Waals surface area (Å²) in [6.07, 6.45) is 2.61. The first-order valence-corrected chi connectivity index (χ1v) is 26.8. The molecule has 2 heterocycles. The van der Waals surface area contributed by atoms with Crippen LogP contribution in [0.2, 0.25) is 39.3 Å². The maximum absolute atomic E-state index is 16.0. The molecule has 0 saturated heterocycles. The lowest BCUT2D eigenvalue weighted by Gasteiger charge is -2.34. The minimum atomic E-state index is -4.03. The Morgan fingerprint density at radius 1 is 0.477 bits per heavy atom. The summed E-state index contributed by atoms with van der Waals surface area (Å²) in [7, 11) is -5.56. The Morgan fingerprint density at radius 2 is 0.815 bits per heavy atom. The second-order valence-corrected chi connectivity index (χ2v) is 26.2. The number of aromatic nitrogens is 2. The Hall–Kier alpha value is -5.98. The van der Waals surface area contributed by atoms with E-state index in [1.165, 1.54) is 42.7 Å². The molecular formula is C50H51F7N4O2Si2. The van der Waals surface area contributed by atoms with E-state index < -0.39 is 79.9 Å². The summed E-state index contributed by atoms with van der Waals surface area (Å²) in [4.78, 5) is 14.2. The molecule has 0 aliphatic rings. The first-order valence-electron chi connectivity index (χ1n) is 20.0. The second kappa shape index (κ2) is 19.6. The summed E-state index contributed by atoms with van der Waals surface area (Å²) >= 11 is 0. The lowest BCUT2D eigenvalue weighted by Crippen LogP contribution is -2.50. The zero-order chi connectivity index (χ0) is 47.5. The molecule has 0 aliphatic carbocycles. The fourth-order valence-electron chi connectivity index (χ4n) is 6.77. The Balaban J connectivity index is 0.000000280. The maximum atomic E-state index is 16.0. The van der Waals surface area contributed by atoms with Crippen LogP contribution < -0.4 is 0 Å². The molecule has 2 atom stereocenters. The van der Waals surface area contributed by atoms with Gasteiger partial charge in [0.1, 0.15) is 40.0 Å². The van der Waals surface area contributed by atoms with E-state index in [9.17, 15) is 13.2 Å². The number of hydrogen-bond donors (Lipinski definition) is 0. The zero-order valence-electron chi connectivity index (χ0n) is 36.8. The highest BCUT2D eigenvalue weighted by Gasteiger charge is 2.69. The van der Waals surface area contributed by atoms with Gasteiger partial charge in [0.05, 0.1) is 0 Å². The van der Waals surface area contributed by atoms with Crippen molar-refractivity contribution in [3.05, 3.63) is 201 Å². The number of halogens is 7. The van der Waals surface area contributed by atoms with Crippen LogP contribution >= 0.6 is 0 Å². The topological polar surface area (TPSA) is 53.0 Å². The average Bonchev–Trinajstić information content (AvgIpc) is 3.22. The molecule has 0 N–H and O–H groups in total. The molecule has 0 bridgehead atoms. The van der Waals surface area contributed by atoms with Crippen molar-refractivity contribution in [2.24, 2.45) is 0 Å². The highest BCUT2D eigenvalue weighted by atomic mass is 28.4. The fourth-order valence-corrected chi connectivity index (χ4v) is 9.11. The van der Waals surface area contributed by atoms with Crippen LogP contribution in [0.5, 0.6) is 0 Å². The van der Waals surface area contributed by atoms with Crippen molar-refractivity contribution in [3.8, 4) is 22.3 Å². The van der Waals surface area contributed by atoms with Gasteiger partial charge in [0.15, 0.2) is 16.6 Å². The predicted octanol–water partition coefficient (Wildman–Crippen LogP) is 14.9. The minimum absolute atomic E-state index is 0. The summed E-state index contributed by atoms with van der Waals surface area (Å²) in [5.74, 6) is -11.1. The van der Waals surface area contributed by atoms with Crippen molar-refractivity contribution in [1.29, 1.82) is 0 Å². The molecule has 6 rings (SSSR count). The highest BCUT2D eigenvalue weighted by molar-refractivity contribution is 6.70. The number of nitrogens with zero attached hydrogens (tertiary/aromatic N) is 4. The van der Waals surface area contributed by atoms with Crippen LogP contribution in [0, 0.1) is 51.4 Å². The standard InChI is InChI=1S/C25H25F3N2OSi.C24H22F4N2OSi.CH4/c1-17-7-10-19(11-8-17)20-12-14-23(30-16-20)24(27,28)25(29-3,31-32(4,5)6)21-13-9-18(2)15-22(21)26;1-16-6-8-17(9-7-16)18-10-13-22(30-15-18)23(27,28)24(29-2,31-32(3,4)5)20-12-11-19(25)14-21(20)26;/h7-16H,1-2,4-6H3;6-15H,1,3-5H3;1H4/t25-;24-;/m10./s1. The maximum Gasteiger partial charge on any atom is 0.427 e. The Labute approximate surface area is 379 Å². The molecule has 15 heteroatoms. The third-order valence-corrected chi connectivity index (χ3v) is 11.6. The number of benzene rings is 4. The summed E-state index contributed by atoms with van der Waals surface area (Å²) in [6, 6.07) is 26.3. The Bertz CT molecular complexity index is 2490. The summed E-state index contributed by atoms with van der Waals surface area (Å²) < 4.78 is 118. The number of rotatable bonds is 12. The van der Waals surface area contributed by atoms with E-state index in [1.807, 2.05) is 62.4 Å². The van der Waals surface area contributed by atoms with Gasteiger partial charge in [-0.3, -0.25) is 19.7 Å². The molecule has 0 spiro atoms. The first-order chi connectivity index (χ1) is 29.8. The molecule has 0 aliphatic heterocycles. The van der Waals surface area contributed by atoms with Gasteiger partial charge in [0.25, 0.3) is 0 Å². The number of alkyl halides is 4. The molecule has 65 heavy (non-hydrogen) atoms.